The van der Waals surface area contributed by atoms with Gasteiger partial charge in [-0.1, -0.05) is 51.8 Å². The molecule has 0 amide bonds. The molecule has 0 aromatic heterocycles. The molecule has 112 valence electrons. The van der Waals surface area contributed by atoms with E-state index in [2.05, 4.69) is 72.3 Å². The molecule has 2 unspecified atom stereocenters. The molecule has 1 N–H and O–H groups in total. The SMILES string of the molecule is COc1ccc(C)cc1C(C)NC(C)c1ccccc1Br. The van der Waals surface area contributed by atoms with Crippen molar-refractivity contribution in [2.24, 2.45) is 0 Å². The first-order valence-corrected chi connectivity index (χ1v) is 7.97. The Bertz CT molecular complexity index is 612. The molecule has 0 aliphatic carbocycles. The third kappa shape index (κ3) is 3.86. The van der Waals surface area contributed by atoms with Gasteiger partial charge in [-0.2, -0.15) is 0 Å². The van der Waals surface area contributed by atoms with Crippen LogP contribution < -0.4 is 10.1 Å². The van der Waals surface area contributed by atoms with Gasteiger partial charge >= 0.3 is 0 Å². The monoisotopic (exact) mass is 347 g/mol. The second-order valence-electron chi connectivity index (χ2n) is 5.38. The van der Waals surface area contributed by atoms with E-state index in [9.17, 15) is 0 Å². The van der Waals surface area contributed by atoms with Crippen molar-refractivity contribution in [3.05, 3.63) is 63.6 Å². The predicted octanol–water partition coefficient (Wildman–Crippen LogP) is 5.18. The van der Waals surface area contributed by atoms with Gasteiger partial charge in [-0.05, 0) is 38.5 Å². The second kappa shape index (κ2) is 7.10. The number of hydrogen-bond acceptors (Lipinski definition) is 2. The molecule has 0 saturated carbocycles. The molecular formula is C18H22BrNO. The van der Waals surface area contributed by atoms with Crippen LogP contribution >= 0.6 is 15.9 Å². The zero-order valence-electron chi connectivity index (χ0n) is 13.0. The van der Waals surface area contributed by atoms with Crippen LogP contribution in [0.3, 0.4) is 0 Å². The molecule has 0 saturated heterocycles. The Labute approximate surface area is 135 Å². The smallest absolute Gasteiger partial charge is 0.123 e. The lowest BCUT2D eigenvalue weighted by Crippen LogP contribution is -2.23. The number of rotatable bonds is 5. The molecule has 2 atom stereocenters. The van der Waals surface area contributed by atoms with Crippen LogP contribution in [0.15, 0.2) is 46.9 Å². The summed E-state index contributed by atoms with van der Waals surface area (Å²) < 4.78 is 6.62. The lowest BCUT2D eigenvalue weighted by Gasteiger charge is -2.23. The Kier molecular flexibility index (Phi) is 5.43. The third-order valence-electron chi connectivity index (χ3n) is 3.72. The second-order valence-corrected chi connectivity index (χ2v) is 6.23. The van der Waals surface area contributed by atoms with Gasteiger partial charge in [0.25, 0.3) is 0 Å². The fraction of sp³-hybridized carbons (Fsp3) is 0.333. The summed E-state index contributed by atoms with van der Waals surface area (Å²) in [6.45, 7) is 6.45. The average Bonchev–Trinajstić information content (AvgIpc) is 2.47. The largest absolute Gasteiger partial charge is 0.496 e. The molecule has 0 aliphatic heterocycles. The van der Waals surface area contributed by atoms with Crippen LogP contribution in [0.1, 0.15) is 42.6 Å². The van der Waals surface area contributed by atoms with Crippen molar-refractivity contribution < 1.29 is 4.74 Å². The summed E-state index contributed by atoms with van der Waals surface area (Å²) >= 11 is 3.62. The van der Waals surface area contributed by atoms with E-state index in [1.165, 1.54) is 16.7 Å². The highest BCUT2D eigenvalue weighted by atomic mass is 79.9. The van der Waals surface area contributed by atoms with Crippen LogP contribution in [0.25, 0.3) is 0 Å². The highest BCUT2D eigenvalue weighted by Gasteiger charge is 2.16. The zero-order chi connectivity index (χ0) is 15.4. The van der Waals surface area contributed by atoms with Crippen molar-refractivity contribution in [3.63, 3.8) is 0 Å². The normalized spacial score (nSPS) is 13.8. The van der Waals surface area contributed by atoms with Crippen molar-refractivity contribution in [3.8, 4) is 5.75 Å². The topological polar surface area (TPSA) is 21.3 Å². The van der Waals surface area contributed by atoms with E-state index >= 15 is 0 Å². The van der Waals surface area contributed by atoms with Crippen LogP contribution in [0.5, 0.6) is 5.75 Å². The fourth-order valence-electron chi connectivity index (χ4n) is 2.57. The van der Waals surface area contributed by atoms with Crippen molar-refractivity contribution in [1.82, 2.24) is 5.32 Å². The molecular weight excluding hydrogens is 326 g/mol. The lowest BCUT2D eigenvalue weighted by molar-refractivity contribution is 0.396. The quantitative estimate of drug-likeness (QED) is 0.804. The summed E-state index contributed by atoms with van der Waals surface area (Å²) in [5, 5.41) is 3.65. The number of hydrogen-bond donors (Lipinski definition) is 1. The molecule has 3 heteroatoms. The van der Waals surface area contributed by atoms with Crippen LogP contribution in [0.2, 0.25) is 0 Å². The van der Waals surface area contributed by atoms with Gasteiger partial charge in [-0.3, -0.25) is 0 Å². The molecule has 0 fully saturated rings. The van der Waals surface area contributed by atoms with Crippen molar-refractivity contribution in [2.45, 2.75) is 32.9 Å². The third-order valence-corrected chi connectivity index (χ3v) is 4.45. The van der Waals surface area contributed by atoms with E-state index in [1.807, 2.05) is 12.1 Å². The van der Waals surface area contributed by atoms with Crippen LogP contribution in [0, 0.1) is 6.92 Å². The van der Waals surface area contributed by atoms with E-state index in [-0.39, 0.29) is 12.1 Å². The minimum absolute atomic E-state index is 0.210. The van der Waals surface area contributed by atoms with E-state index in [4.69, 9.17) is 4.74 Å². The minimum atomic E-state index is 0.210. The van der Waals surface area contributed by atoms with Gasteiger partial charge in [-0.25, -0.2) is 0 Å². The maximum absolute atomic E-state index is 5.48. The summed E-state index contributed by atoms with van der Waals surface area (Å²) in [7, 11) is 1.72. The first-order valence-electron chi connectivity index (χ1n) is 7.18. The number of aryl methyl sites for hydroxylation is 1. The van der Waals surface area contributed by atoms with E-state index in [1.54, 1.807) is 7.11 Å². The van der Waals surface area contributed by atoms with E-state index < -0.39 is 0 Å². The Morgan fingerprint density at radius 3 is 2.33 bits per heavy atom. The average molecular weight is 348 g/mol. The van der Waals surface area contributed by atoms with Crippen LogP contribution in [-0.2, 0) is 0 Å². The van der Waals surface area contributed by atoms with E-state index in [0.717, 1.165) is 10.2 Å². The highest BCUT2D eigenvalue weighted by molar-refractivity contribution is 9.10. The van der Waals surface area contributed by atoms with Crippen molar-refractivity contribution in [1.29, 1.82) is 0 Å². The maximum atomic E-state index is 5.48. The van der Waals surface area contributed by atoms with Gasteiger partial charge in [0, 0.05) is 22.1 Å². The summed E-state index contributed by atoms with van der Waals surface area (Å²) in [4.78, 5) is 0. The molecule has 21 heavy (non-hydrogen) atoms. The number of methoxy groups -OCH3 is 1. The standard InChI is InChI=1S/C18H22BrNO/c1-12-9-10-18(21-4)16(11-12)14(3)20-13(2)15-7-5-6-8-17(15)19/h5-11,13-14,20H,1-4H3. The lowest BCUT2D eigenvalue weighted by atomic mass is 10.0. The number of ether oxygens (including phenoxy) is 1. The molecule has 2 rings (SSSR count). The number of nitrogens with one attached hydrogen (secondary N) is 1. The Balaban J connectivity index is 2.20. The van der Waals surface area contributed by atoms with Crippen LogP contribution in [-0.4, -0.2) is 7.11 Å². The molecule has 2 aromatic rings. The molecule has 0 bridgehead atoms. The number of halogens is 1. The number of benzene rings is 2. The molecule has 2 nitrogen and oxygen atoms in total. The summed E-state index contributed by atoms with van der Waals surface area (Å²) in [6.07, 6.45) is 0. The maximum Gasteiger partial charge on any atom is 0.123 e. The summed E-state index contributed by atoms with van der Waals surface area (Å²) in [5.74, 6) is 0.930. The first kappa shape index (κ1) is 16.1. The van der Waals surface area contributed by atoms with Crippen LogP contribution in [0.4, 0.5) is 0 Å². The minimum Gasteiger partial charge on any atom is -0.496 e. The van der Waals surface area contributed by atoms with Crippen molar-refractivity contribution >= 4 is 15.9 Å². The Hall–Kier alpha value is -1.32. The van der Waals surface area contributed by atoms with Gasteiger partial charge in [0.15, 0.2) is 0 Å². The molecule has 0 aliphatic rings. The van der Waals surface area contributed by atoms with Crippen molar-refractivity contribution in [2.75, 3.05) is 7.11 Å². The fourth-order valence-corrected chi connectivity index (χ4v) is 3.20. The Morgan fingerprint density at radius 2 is 1.67 bits per heavy atom. The molecule has 2 aromatic carbocycles. The molecule has 0 heterocycles. The van der Waals surface area contributed by atoms with E-state index in [0.29, 0.717) is 0 Å². The first-order chi connectivity index (χ1) is 10.0. The van der Waals surface area contributed by atoms with Gasteiger partial charge in [-0.15, -0.1) is 0 Å². The summed E-state index contributed by atoms with van der Waals surface area (Å²) in [6, 6.07) is 15.1. The Morgan fingerprint density at radius 1 is 1.00 bits per heavy atom. The molecule has 0 spiro atoms. The van der Waals surface area contributed by atoms with Gasteiger partial charge in [0.05, 0.1) is 7.11 Å². The van der Waals surface area contributed by atoms with Gasteiger partial charge < -0.3 is 10.1 Å². The van der Waals surface area contributed by atoms with Gasteiger partial charge in [0.2, 0.25) is 0 Å². The molecule has 0 radical (unpaired) electrons. The zero-order valence-corrected chi connectivity index (χ0v) is 14.6. The van der Waals surface area contributed by atoms with Gasteiger partial charge in [0.1, 0.15) is 5.75 Å². The highest BCUT2D eigenvalue weighted by Crippen LogP contribution is 2.29. The summed E-state index contributed by atoms with van der Waals surface area (Å²) in [5.41, 5.74) is 3.69. The predicted molar refractivity (Wildman–Crippen MR) is 91.8 cm³/mol.